The van der Waals surface area contributed by atoms with Crippen molar-refractivity contribution < 1.29 is 9.90 Å². The van der Waals surface area contributed by atoms with Gasteiger partial charge < -0.3 is 5.11 Å². The van der Waals surface area contributed by atoms with Crippen LogP contribution in [0.1, 0.15) is 32.5 Å². The normalized spacial score (nSPS) is 24.6. The van der Waals surface area contributed by atoms with Gasteiger partial charge in [-0.05, 0) is 36.7 Å². The predicted molar refractivity (Wildman–Crippen MR) is 63.7 cm³/mol. The Morgan fingerprint density at radius 2 is 2.33 bits per heavy atom. The van der Waals surface area contributed by atoms with Crippen molar-refractivity contribution in [2.45, 2.75) is 39.8 Å². The fourth-order valence-electron chi connectivity index (χ4n) is 2.29. The van der Waals surface area contributed by atoms with Gasteiger partial charge in [0.15, 0.2) is 5.82 Å². The molecular formula is C11H19N5O2. The number of tetrazole rings is 1. The van der Waals surface area contributed by atoms with Gasteiger partial charge in [-0.3, -0.25) is 9.69 Å². The third-order valence-electron chi connectivity index (χ3n) is 3.48. The highest BCUT2D eigenvalue weighted by Crippen LogP contribution is 2.30. The van der Waals surface area contributed by atoms with Crippen LogP contribution in [0.5, 0.6) is 0 Å². The van der Waals surface area contributed by atoms with Crippen molar-refractivity contribution in [2.75, 3.05) is 13.1 Å². The SMILES string of the molecule is CCCn1nnnc1CN1CCC(C)(C(=O)O)C1. The van der Waals surface area contributed by atoms with Gasteiger partial charge in [0.25, 0.3) is 0 Å². The van der Waals surface area contributed by atoms with Gasteiger partial charge in [-0.25, -0.2) is 4.68 Å². The lowest BCUT2D eigenvalue weighted by Gasteiger charge is -2.19. The molecule has 1 aliphatic rings. The van der Waals surface area contributed by atoms with Crippen LogP contribution in [-0.2, 0) is 17.9 Å². The highest BCUT2D eigenvalue weighted by atomic mass is 16.4. The van der Waals surface area contributed by atoms with E-state index < -0.39 is 11.4 Å². The fourth-order valence-corrected chi connectivity index (χ4v) is 2.29. The van der Waals surface area contributed by atoms with Crippen LogP contribution in [0, 0.1) is 5.41 Å². The van der Waals surface area contributed by atoms with Crippen LogP contribution in [-0.4, -0.2) is 49.3 Å². The molecule has 0 aliphatic carbocycles. The van der Waals surface area contributed by atoms with Crippen molar-refractivity contribution in [3.63, 3.8) is 0 Å². The molecule has 0 saturated carbocycles. The molecule has 18 heavy (non-hydrogen) atoms. The summed E-state index contributed by atoms with van der Waals surface area (Å²) in [7, 11) is 0. The van der Waals surface area contributed by atoms with Crippen LogP contribution in [0.4, 0.5) is 0 Å². The molecule has 1 atom stereocenters. The number of hydrogen-bond donors (Lipinski definition) is 1. The van der Waals surface area contributed by atoms with Crippen LogP contribution in [0.3, 0.4) is 0 Å². The molecule has 1 aromatic rings. The third-order valence-corrected chi connectivity index (χ3v) is 3.48. The van der Waals surface area contributed by atoms with Crippen molar-refractivity contribution in [3.8, 4) is 0 Å². The monoisotopic (exact) mass is 253 g/mol. The van der Waals surface area contributed by atoms with Gasteiger partial charge in [0.1, 0.15) is 0 Å². The number of carboxylic acid groups (broad SMARTS) is 1. The highest BCUT2D eigenvalue weighted by Gasteiger charge is 2.40. The van der Waals surface area contributed by atoms with E-state index in [1.54, 1.807) is 11.6 Å². The van der Waals surface area contributed by atoms with Crippen molar-refractivity contribution in [2.24, 2.45) is 5.41 Å². The lowest BCUT2D eigenvalue weighted by molar-refractivity contribution is -0.147. The van der Waals surface area contributed by atoms with Crippen molar-refractivity contribution in [3.05, 3.63) is 5.82 Å². The number of hydrogen-bond acceptors (Lipinski definition) is 5. The van der Waals surface area contributed by atoms with Crippen LogP contribution in [0.15, 0.2) is 0 Å². The summed E-state index contributed by atoms with van der Waals surface area (Å²) in [5, 5.41) is 20.8. The third kappa shape index (κ3) is 2.50. The van der Waals surface area contributed by atoms with Crippen LogP contribution < -0.4 is 0 Å². The second kappa shape index (κ2) is 5.01. The Labute approximate surface area is 106 Å². The van der Waals surface area contributed by atoms with Crippen molar-refractivity contribution in [1.82, 2.24) is 25.1 Å². The van der Waals surface area contributed by atoms with E-state index in [9.17, 15) is 9.90 Å². The topological polar surface area (TPSA) is 84.1 Å². The van der Waals surface area contributed by atoms with E-state index in [4.69, 9.17) is 0 Å². The second-order valence-corrected chi connectivity index (χ2v) is 5.14. The number of aromatic nitrogens is 4. The molecule has 1 saturated heterocycles. The van der Waals surface area contributed by atoms with E-state index in [1.807, 2.05) is 0 Å². The summed E-state index contributed by atoms with van der Waals surface area (Å²) in [6.45, 7) is 6.62. The Morgan fingerprint density at radius 3 is 2.94 bits per heavy atom. The Balaban J connectivity index is 1.99. The molecule has 1 aromatic heterocycles. The maximum Gasteiger partial charge on any atom is 0.310 e. The number of aliphatic carboxylic acids is 1. The summed E-state index contributed by atoms with van der Waals surface area (Å²) < 4.78 is 1.79. The lowest BCUT2D eigenvalue weighted by atomic mass is 9.90. The predicted octanol–water partition coefficient (Wildman–Crippen LogP) is 0.380. The molecule has 2 heterocycles. The molecule has 0 spiro atoms. The molecule has 0 bridgehead atoms. The first-order valence-corrected chi connectivity index (χ1v) is 6.26. The number of carbonyl (C=O) groups is 1. The fraction of sp³-hybridized carbons (Fsp3) is 0.818. The van der Waals surface area contributed by atoms with Crippen molar-refractivity contribution in [1.29, 1.82) is 0 Å². The number of carboxylic acids is 1. The van der Waals surface area contributed by atoms with Crippen molar-refractivity contribution >= 4 is 5.97 Å². The Morgan fingerprint density at radius 1 is 1.56 bits per heavy atom. The quantitative estimate of drug-likeness (QED) is 0.816. The highest BCUT2D eigenvalue weighted by molar-refractivity contribution is 5.74. The molecule has 7 heteroatoms. The van der Waals surface area contributed by atoms with E-state index in [2.05, 4.69) is 27.3 Å². The molecule has 0 aromatic carbocycles. The molecule has 0 radical (unpaired) electrons. The number of nitrogens with zero attached hydrogens (tertiary/aromatic N) is 5. The zero-order chi connectivity index (χ0) is 13.2. The molecule has 7 nitrogen and oxygen atoms in total. The molecule has 1 N–H and O–H groups in total. The number of aryl methyl sites for hydroxylation is 1. The summed E-state index contributed by atoms with van der Waals surface area (Å²) >= 11 is 0. The molecule has 1 aliphatic heterocycles. The molecule has 100 valence electrons. The number of rotatable bonds is 5. The molecule has 1 fully saturated rings. The minimum absolute atomic E-state index is 0.557. The molecule has 0 amide bonds. The van der Waals surface area contributed by atoms with E-state index in [1.165, 1.54) is 0 Å². The van der Waals surface area contributed by atoms with Crippen LogP contribution >= 0.6 is 0 Å². The summed E-state index contributed by atoms with van der Waals surface area (Å²) in [6.07, 6.45) is 1.66. The molecular weight excluding hydrogens is 234 g/mol. The summed E-state index contributed by atoms with van der Waals surface area (Å²) in [6, 6.07) is 0. The van der Waals surface area contributed by atoms with Crippen LogP contribution in [0.2, 0.25) is 0 Å². The average Bonchev–Trinajstić information content (AvgIpc) is 2.89. The Hall–Kier alpha value is -1.50. The number of likely N-dealkylation sites (tertiary alicyclic amines) is 1. The maximum atomic E-state index is 11.2. The summed E-state index contributed by atoms with van der Waals surface area (Å²) in [5.74, 6) is 0.0876. The standard InChI is InChI=1S/C11H19N5O2/c1-3-5-16-9(12-13-14-16)7-15-6-4-11(2,8-15)10(17)18/h3-8H2,1-2H3,(H,17,18). The average molecular weight is 253 g/mol. The van der Waals surface area contributed by atoms with E-state index in [0.717, 1.165) is 25.3 Å². The first kappa shape index (κ1) is 12.9. The van der Waals surface area contributed by atoms with E-state index >= 15 is 0 Å². The zero-order valence-corrected chi connectivity index (χ0v) is 10.8. The Kier molecular flexibility index (Phi) is 3.60. The molecule has 1 unspecified atom stereocenters. The summed E-state index contributed by atoms with van der Waals surface area (Å²) in [5.41, 5.74) is -0.636. The lowest BCUT2D eigenvalue weighted by Crippen LogP contribution is -2.32. The minimum Gasteiger partial charge on any atom is -0.481 e. The van der Waals surface area contributed by atoms with Gasteiger partial charge in [-0.1, -0.05) is 6.92 Å². The smallest absolute Gasteiger partial charge is 0.310 e. The maximum absolute atomic E-state index is 11.2. The Bertz CT molecular complexity index is 433. The van der Waals surface area contributed by atoms with E-state index in [-0.39, 0.29) is 0 Å². The first-order valence-electron chi connectivity index (χ1n) is 6.26. The van der Waals surface area contributed by atoms with Crippen LogP contribution in [0.25, 0.3) is 0 Å². The largest absolute Gasteiger partial charge is 0.481 e. The second-order valence-electron chi connectivity index (χ2n) is 5.14. The minimum atomic E-state index is -0.724. The van der Waals surface area contributed by atoms with Gasteiger partial charge in [-0.15, -0.1) is 5.10 Å². The summed E-state index contributed by atoms with van der Waals surface area (Å²) in [4.78, 5) is 13.3. The van der Waals surface area contributed by atoms with Gasteiger partial charge in [0.2, 0.25) is 0 Å². The first-order chi connectivity index (χ1) is 8.55. The zero-order valence-electron chi connectivity index (χ0n) is 10.8. The van der Waals surface area contributed by atoms with Gasteiger partial charge >= 0.3 is 5.97 Å². The van der Waals surface area contributed by atoms with Gasteiger partial charge in [-0.2, -0.15) is 0 Å². The van der Waals surface area contributed by atoms with Gasteiger partial charge in [0.05, 0.1) is 12.0 Å². The van der Waals surface area contributed by atoms with E-state index in [0.29, 0.717) is 19.5 Å². The van der Waals surface area contributed by atoms with Gasteiger partial charge in [0, 0.05) is 13.1 Å². The molecule has 2 rings (SSSR count).